The SMILES string of the molecule is CCOC(=O)C(CCOC(C)COC)NC. The van der Waals surface area contributed by atoms with Gasteiger partial charge in [-0.3, -0.25) is 4.79 Å². The Morgan fingerprint density at radius 1 is 1.44 bits per heavy atom. The van der Waals surface area contributed by atoms with Crippen molar-refractivity contribution in [3.63, 3.8) is 0 Å². The molecule has 2 atom stereocenters. The van der Waals surface area contributed by atoms with E-state index in [1.54, 1.807) is 21.1 Å². The van der Waals surface area contributed by atoms with E-state index in [1.165, 1.54) is 0 Å². The van der Waals surface area contributed by atoms with Crippen LogP contribution in [0.25, 0.3) is 0 Å². The van der Waals surface area contributed by atoms with Crippen LogP contribution < -0.4 is 5.32 Å². The molecule has 0 aromatic rings. The van der Waals surface area contributed by atoms with Gasteiger partial charge in [-0.1, -0.05) is 0 Å². The molecule has 2 unspecified atom stereocenters. The Bertz CT molecular complexity index is 187. The molecular weight excluding hydrogens is 210 g/mol. The van der Waals surface area contributed by atoms with Crippen molar-refractivity contribution < 1.29 is 19.0 Å². The highest BCUT2D eigenvalue weighted by Crippen LogP contribution is 1.99. The molecule has 0 aromatic heterocycles. The molecule has 0 aliphatic rings. The maximum Gasteiger partial charge on any atom is 0.323 e. The molecule has 0 spiro atoms. The second-order valence-electron chi connectivity index (χ2n) is 3.52. The maximum atomic E-state index is 11.4. The Morgan fingerprint density at radius 3 is 2.62 bits per heavy atom. The number of hydrogen-bond acceptors (Lipinski definition) is 5. The quantitative estimate of drug-likeness (QED) is 0.590. The van der Waals surface area contributed by atoms with Crippen LogP contribution in [0.5, 0.6) is 0 Å². The summed E-state index contributed by atoms with van der Waals surface area (Å²) >= 11 is 0. The van der Waals surface area contributed by atoms with E-state index in [9.17, 15) is 4.79 Å². The van der Waals surface area contributed by atoms with Crippen LogP contribution in [0.1, 0.15) is 20.3 Å². The van der Waals surface area contributed by atoms with E-state index >= 15 is 0 Å². The van der Waals surface area contributed by atoms with Crippen LogP contribution in [0.15, 0.2) is 0 Å². The first kappa shape index (κ1) is 15.3. The Morgan fingerprint density at radius 2 is 2.12 bits per heavy atom. The molecular formula is C11H23NO4. The van der Waals surface area contributed by atoms with E-state index < -0.39 is 0 Å². The first-order chi connectivity index (χ1) is 7.65. The fraction of sp³-hybridized carbons (Fsp3) is 0.909. The summed E-state index contributed by atoms with van der Waals surface area (Å²) in [6, 6.07) is -0.297. The van der Waals surface area contributed by atoms with Crippen LogP contribution in [0, 0.1) is 0 Å². The Labute approximate surface area is 97.4 Å². The number of carbonyl (C=O) groups is 1. The zero-order valence-corrected chi connectivity index (χ0v) is 10.6. The van der Waals surface area contributed by atoms with E-state index in [0.717, 1.165) is 0 Å². The molecule has 0 aromatic carbocycles. The van der Waals surface area contributed by atoms with E-state index in [1.807, 2.05) is 6.92 Å². The molecule has 5 nitrogen and oxygen atoms in total. The second kappa shape index (κ2) is 9.57. The highest BCUT2D eigenvalue weighted by Gasteiger charge is 2.17. The van der Waals surface area contributed by atoms with Gasteiger partial charge in [0, 0.05) is 13.7 Å². The van der Waals surface area contributed by atoms with Crippen LogP contribution in [0.3, 0.4) is 0 Å². The topological polar surface area (TPSA) is 56.8 Å². The number of nitrogens with one attached hydrogen (secondary N) is 1. The van der Waals surface area contributed by atoms with Gasteiger partial charge in [-0.05, 0) is 27.3 Å². The molecule has 0 radical (unpaired) electrons. The number of ether oxygens (including phenoxy) is 3. The van der Waals surface area contributed by atoms with Crippen molar-refractivity contribution in [3.05, 3.63) is 0 Å². The van der Waals surface area contributed by atoms with Crippen molar-refractivity contribution >= 4 is 5.97 Å². The lowest BCUT2D eigenvalue weighted by Crippen LogP contribution is -2.37. The third-order valence-corrected chi connectivity index (χ3v) is 2.13. The summed E-state index contributed by atoms with van der Waals surface area (Å²) in [7, 11) is 3.37. The van der Waals surface area contributed by atoms with E-state index in [2.05, 4.69) is 5.32 Å². The Balaban J connectivity index is 3.74. The average molecular weight is 233 g/mol. The maximum absolute atomic E-state index is 11.4. The zero-order chi connectivity index (χ0) is 12.4. The molecule has 0 rings (SSSR count). The number of methoxy groups -OCH3 is 1. The lowest BCUT2D eigenvalue weighted by Gasteiger charge is -2.16. The standard InChI is InChI=1S/C11H23NO4/c1-5-15-11(13)10(12-3)6-7-16-9(2)8-14-4/h9-10,12H,5-8H2,1-4H3. The van der Waals surface area contributed by atoms with Crippen LogP contribution in [-0.2, 0) is 19.0 Å². The van der Waals surface area contributed by atoms with Gasteiger partial charge in [-0.2, -0.15) is 0 Å². The number of hydrogen-bond donors (Lipinski definition) is 1. The van der Waals surface area contributed by atoms with Crippen molar-refractivity contribution in [2.45, 2.75) is 32.4 Å². The molecule has 0 saturated heterocycles. The van der Waals surface area contributed by atoms with Gasteiger partial charge in [0.1, 0.15) is 6.04 Å². The summed E-state index contributed by atoms with van der Waals surface area (Å²) < 4.78 is 15.3. The molecule has 0 fully saturated rings. The third kappa shape index (κ3) is 6.76. The molecule has 0 amide bonds. The minimum absolute atomic E-state index is 0.0460. The van der Waals surface area contributed by atoms with Gasteiger partial charge in [-0.25, -0.2) is 0 Å². The van der Waals surface area contributed by atoms with Crippen molar-refractivity contribution in [3.8, 4) is 0 Å². The van der Waals surface area contributed by atoms with Crippen LogP contribution in [0.2, 0.25) is 0 Å². The van der Waals surface area contributed by atoms with Crippen LogP contribution in [0.4, 0.5) is 0 Å². The van der Waals surface area contributed by atoms with Crippen LogP contribution in [-0.4, -0.2) is 52.1 Å². The van der Waals surface area contributed by atoms with Crippen molar-refractivity contribution in [1.29, 1.82) is 0 Å². The molecule has 0 aliphatic heterocycles. The van der Waals surface area contributed by atoms with Gasteiger partial charge in [0.25, 0.3) is 0 Å². The van der Waals surface area contributed by atoms with Crippen molar-refractivity contribution in [2.24, 2.45) is 0 Å². The highest BCUT2D eigenvalue weighted by atomic mass is 16.5. The smallest absolute Gasteiger partial charge is 0.323 e. The van der Waals surface area contributed by atoms with Crippen LogP contribution >= 0.6 is 0 Å². The lowest BCUT2D eigenvalue weighted by molar-refractivity contribution is -0.146. The first-order valence-electron chi connectivity index (χ1n) is 5.60. The van der Waals surface area contributed by atoms with Crippen molar-refractivity contribution in [1.82, 2.24) is 5.32 Å². The highest BCUT2D eigenvalue weighted by molar-refractivity contribution is 5.75. The predicted octanol–water partition coefficient (Wildman–Crippen LogP) is 0.579. The first-order valence-corrected chi connectivity index (χ1v) is 5.60. The third-order valence-electron chi connectivity index (χ3n) is 2.13. The van der Waals surface area contributed by atoms with E-state index in [0.29, 0.717) is 26.2 Å². The molecule has 1 N–H and O–H groups in total. The van der Waals surface area contributed by atoms with Gasteiger partial charge in [-0.15, -0.1) is 0 Å². The summed E-state index contributed by atoms with van der Waals surface area (Å²) in [5, 5.41) is 2.91. The predicted molar refractivity (Wildman–Crippen MR) is 61.4 cm³/mol. The number of rotatable bonds is 9. The van der Waals surface area contributed by atoms with Gasteiger partial charge in [0.15, 0.2) is 0 Å². The summed E-state index contributed by atoms with van der Waals surface area (Å²) in [4.78, 5) is 11.4. The summed E-state index contributed by atoms with van der Waals surface area (Å²) in [6.45, 7) is 5.19. The largest absolute Gasteiger partial charge is 0.465 e. The molecule has 5 heteroatoms. The Hall–Kier alpha value is -0.650. The molecule has 16 heavy (non-hydrogen) atoms. The monoisotopic (exact) mass is 233 g/mol. The average Bonchev–Trinajstić information content (AvgIpc) is 2.25. The summed E-state index contributed by atoms with van der Waals surface area (Å²) in [5.41, 5.74) is 0. The zero-order valence-electron chi connectivity index (χ0n) is 10.6. The fourth-order valence-electron chi connectivity index (χ4n) is 1.29. The number of carbonyl (C=O) groups excluding carboxylic acids is 1. The summed E-state index contributed by atoms with van der Waals surface area (Å²) in [5.74, 6) is -0.229. The van der Waals surface area contributed by atoms with Gasteiger partial charge >= 0.3 is 5.97 Å². The van der Waals surface area contributed by atoms with E-state index in [-0.39, 0.29) is 18.1 Å². The van der Waals surface area contributed by atoms with Gasteiger partial charge < -0.3 is 19.5 Å². The molecule has 0 heterocycles. The fourth-order valence-corrected chi connectivity index (χ4v) is 1.29. The normalized spacial score (nSPS) is 14.5. The van der Waals surface area contributed by atoms with Crippen molar-refractivity contribution in [2.75, 3.05) is 34.0 Å². The number of esters is 1. The second-order valence-corrected chi connectivity index (χ2v) is 3.52. The molecule has 0 bridgehead atoms. The van der Waals surface area contributed by atoms with Gasteiger partial charge in [0.2, 0.25) is 0 Å². The molecule has 96 valence electrons. The Kier molecular flexibility index (Phi) is 9.18. The molecule has 0 saturated carbocycles. The minimum Gasteiger partial charge on any atom is -0.465 e. The minimum atomic E-state index is -0.297. The van der Waals surface area contributed by atoms with Gasteiger partial charge in [0.05, 0.1) is 19.3 Å². The van der Waals surface area contributed by atoms with E-state index in [4.69, 9.17) is 14.2 Å². The molecule has 0 aliphatic carbocycles. The lowest BCUT2D eigenvalue weighted by atomic mass is 10.2. The summed E-state index contributed by atoms with van der Waals surface area (Å²) in [6.07, 6.45) is 0.647. The number of likely N-dealkylation sites (N-methyl/N-ethyl adjacent to an activating group) is 1.